The average molecular weight is 218 g/mol. The summed E-state index contributed by atoms with van der Waals surface area (Å²) in [6.45, 7) is 3.82. The van der Waals surface area contributed by atoms with Crippen molar-refractivity contribution in [3.05, 3.63) is 0 Å². The second-order valence-electron chi connectivity index (χ2n) is 3.06. The molecule has 0 unspecified atom stereocenters. The van der Waals surface area contributed by atoms with Crippen LogP contribution in [0, 0.1) is 5.41 Å². The number of nitrogens with zero attached hydrogens (tertiary/aromatic N) is 1. The predicted molar refractivity (Wildman–Crippen MR) is 61.5 cm³/mol. The lowest BCUT2D eigenvalue weighted by molar-refractivity contribution is 0.0574. The van der Waals surface area contributed by atoms with Gasteiger partial charge in [0.25, 0.3) is 0 Å². The van der Waals surface area contributed by atoms with Crippen LogP contribution in [-0.4, -0.2) is 27.6 Å². The van der Waals surface area contributed by atoms with E-state index in [-0.39, 0.29) is 11.1 Å². The Morgan fingerprint density at radius 2 is 1.93 bits per heavy atom. The molecule has 0 aromatic rings. The summed E-state index contributed by atoms with van der Waals surface area (Å²) in [6.07, 6.45) is 1.32. The molecule has 0 aliphatic heterocycles. The Hall–Kier alpha value is -0.750. The molecule has 0 saturated carbocycles. The Morgan fingerprint density at radius 1 is 1.43 bits per heavy atom. The third kappa shape index (κ3) is 5.08. The first kappa shape index (κ1) is 13.2. The van der Waals surface area contributed by atoms with Crippen LogP contribution in [0.1, 0.15) is 26.7 Å². The number of nitrogens with one attached hydrogen (secondary N) is 1. The van der Waals surface area contributed by atoms with Crippen molar-refractivity contribution in [2.75, 3.05) is 5.75 Å². The topological polar surface area (TPSA) is 108 Å². The van der Waals surface area contributed by atoms with Gasteiger partial charge >= 0.3 is 0 Å². The molecular weight excluding hydrogens is 200 g/mol. The van der Waals surface area contributed by atoms with Crippen molar-refractivity contribution >= 4 is 22.9 Å². The van der Waals surface area contributed by atoms with E-state index in [0.717, 1.165) is 11.8 Å². The van der Waals surface area contributed by atoms with Gasteiger partial charge in [0.1, 0.15) is 0 Å². The summed E-state index contributed by atoms with van der Waals surface area (Å²) >= 11 is 1.15. The van der Waals surface area contributed by atoms with E-state index in [1.54, 1.807) is 0 Å². The Morgan fingerprint density at radius 3 is 2.29 bits per heavy atom. The van der Waals surface area contributed by atoms with Crippen LogP contribution < -0.4 is 11.5 Å². The first-order valence-corrected chi connectivity index (χ1v) is 5.45. The molecule has 0 rings (SSSR count). The summed E-state index contributed by atoms with van der Waals surface area (Å²) in [5, 5.41) is 17.3. The molecule has 0 aromatic heterocycles. The van der Waals surface area contributed by atoms with Crippen LogP contribution in [0.2, 0.25) is 0 Å². The lowest BCUT2D eigenvalue weighted by Crippen LogP contribution is -2.30. The van der Waals surface area contributed by atoms with E-state index < -0.39 is 5.60 Å². The Kier molecular flexibility index (Phi) is 5.56. The summed E-state index contributed by atoms with van der Waals surface area (Å²) in [7, 11) is 0. The lowest BCUT2D eigenvalue weighted by Gasteiger charge is -2.23. The lowest BCUT2D eigenvalue weighted by atomic mass is 10.0. The van der Waals surface area contributed by atoms with Crippen molar-refractivity contribution < 1.29 is 5.11 Å². The molecule has 5 nitrogen and oxygen atoms in total. The van der Waals surface area contributed by atoms with E-state index in [0.29, 0.717) is 18.6 Å². The van der Waals surface area contributed by atoms with Crippen LogP contribution in [0.3, 0.4) is 0 Å². The number of hydrogen-bond acceptors (Lipinski definition) is 3. The highest BCUT2D eigenvalue weighted by Crippen LogP contribution is 2.21. The number of nitrogens with two attached hydrogens (primary N) is 2. The SMILES string of the molecule is CCC(O)(CC)CSC(=N)N=C(N)N. The quantitative estimate of drug-likeness (QED) is 0.406. The first-order chi connectivity index (χ1) is 6.43. The van der Waals surface area contributed by atoms with E-state index in [9.17, 15) is 5.11 Å². The number of aliphatic imine (C=N–C) groups is 1. The average Bonchev–Trinajstić information content (AvgIpc) is 2.13. The molecule has 6 N–H and O–H groups in total. The van der Waals surface area contributed by atoms with E-state index in [4.69, 9.17) is 16.9 Å². The van der Waals surface area contributed by atoms with Crippen LogP contribution in [0.5, 0.6) is 0 Å². The van der Waals surface area contributed by atoms with E-state index in [2.05, 4.69) is 4.99 Å². The monoisotopic (exact) mass is 218 g/mol. The molecule has 0 aliphatic rings. The Bertz CT molecular complexity index is 221. The van der Waals surface area contributed by atoms with Crippen LogP contribution in [0.25, 0.3) is 0 Å². The summed E-state index contributed by atoms with van der Waals surface area (Å²) < 4.78 is 0. The van der Waals surface area contributed by atoms with E-state index >= 15 is 0 Å². The summed E-state index contributed by atoms with van der Waals surface area (Å²) in [5.74, 6) is 0.314. The zero-order chi connectivity index (χ0) is 11.2. The highest BCUT2D eigenvalue weighted by atomic mass is 32.2. The van der Waals surface area contributed by atoms with Crippen molar-refractivity contribution in [2.24, 2.45) is 16.5 Å². The molecule has 82 valence electrons. The van der Waals surface area contributed by atoms with Gasteiger partial charge in [-0.1, -0.05) is 25.6 Å². The summed E-state index contributed by atoms with van der Waals surface area (Å²) in [4.78, 5) is 3.56. The van der Waals surface area contributed by atoms with E-state index in [1.165, 1.54) is 0 Å². The molecule has 0 aromatic carbocycles. The number of guanidine groups is 1. The molecule has 0 radical (unpaired) electrons. The molecule has 0 spiro atoms. The van der Waals surface area contributed by atoms with Crippen LogP contribution in [-0.2, 0) is 0 Å². The molecule has 0 fully saturated rings. The molecule has 0 aliphatic carbocycles. The minimum atomic E-state index is -0.726. The molecule has 0 heterocycles. The van der Waals surface area contributed by atoms with E-state index in [1.807, 2.05) is 13.8 Å². The summed E-state index contributed by atoms with van der Waals surface area (Å²) in [6, 6.07) is 0. The maximum atomic E-state index is 9.88. The highest BCUT2D eigenvalue weighted by molar-refractivity contribution is 8.13. The molecule has 0 atom stereocenters. The Balaban J connectivity index is 4.05. The number of rotatable bonds is 4. The molecule has 0 bridgehead atoms. The molecular formula is C8H18N4OS. The van der Waals surface area contributed by atoms with Gasteiger partial charge < -0.3 is 16.6 Å². The van der Waals surface area contributed by atoms with Crippen molar-refractivity contribution in [3.63, 3.8) is 0 Å². The fourth-order valence-electron chi connectivity index (χ4n) is 0.806. The third-order valence-electron chi connectivity index (χ3n) is 2.02. The number of hydrogen-bond donors (Lipinski definition) is 4. The van der Waals surface area contributed by atoms with Gasteiger partial charge in [0.05, 0.1) is 5.60 Å². The predicted octanol–water partition coefficient (Wildman–Crippen LogP) is 0.479. The van der Waals surface area contributed by atoms with Crippen LogP contribution in [0.4, 0.5) is 0 Å². The largest absolute Gasteiger partial charge is 0.389 e. The van der Waals surface area contributed by atoms with Gasteiger partial charge in [-0.25, -0.2) is 0 Å². The van der Waals surface area contributed by atoms with Crippen LogP contribution >= 0.6 is 11.8 Å². The standard InChI is InChI=1S/C8H18N4OS/c1-3-8(13,4-2)5-14-7(11)12-6(9)10/h13H,3-5H2,1-2H3,(H5,9,10,11,12). The van der Waals surface area contributed by atoms with Gasteiger partial charge in [0.15, 0.2) is 11.1 Å². The van der Waals surface area contributed by atoms with Crippen molar-refractivity contribution in [3.8, 4) is 0 Å². The van der Waals surface area contributed by atoms with Crippen molar-refractivity contribution in [1.29, 1.82) is 5.41 Å². The highest BCUT2D eigenvalue weighted by Gasteiger charge is 2.22. The van der Waals surface area contributed by atoms with Gasteiger partial charge in [-0.15, -0.1) is 0 Å². The molecule has 0 amide bonds. The number of aliphatic hydroxyl groups is 1. The van der Waals surface area contributed by atoms with Gasteiger partial charge in [-0.2, -0.15) is 4.99 Å². The molecule has 6 heteroatoms. The van der Waals surface area contributed by atoms with Gasteiger partial charge in [-0.3, -0.25) is 5.41 Å². The Labute approximate surface area is 88.5 Å². The maximum absolute atomic E-state index is 9.88. The second-order valence-corrected chi connectivity index (χ2v) is 4.03. The fraction of sp³-hybridized carbons (Fsp3) is 0.750. The van der Waals surface area contributed by atoms with Gasteiger partial charge in [-0.05, 0) is 12.8 Å². The number of thioether (sulfide) groups is 1. The fourth-order valence-corrected chi connectivity index (χ4v) is 1.79. The van der Waals surface area contributed by atoms with Crippen molar-refractivity contribution in [2.45, 2.75) is 32.3 Å². The minimum Gasteiger partial charge on any atom is -0.389 e. The molecule has 14 heavy (non-hydrogen) atoms. The van der Waals surface area contributed by atoms with Gasteiger partial charge in [0.2, 0.25) is 0 Å². The minimum absolute atomic E-state index is 0.0327. The zero-order valence-electron chi connectivity index (χ0n) is 8.58. The molecule has 0 saturated heterocycles. The smallest absolute Gasteiger partial charge is 0.193 e. The van der Waals surface area contributed by atoms with Crippen LogP contribution in [0.15, 0.2) is 4.99 Å². The number of amidine groups is 1. The third-order valence-corrected chi connectivity index (χ3v) is 3.07. The first-order valence-electron chi connectivity index (χ1n) is 4.47. The van der Waals surface area contributed by atoms with Crippen molar-refractivity contribution in [1.82, 2.24) is 0 Å². The summed E-state index contributed by atoms with van der Waals surface area (Å²) in [5.41, 5.74) is 9.49. The normalized spacial score (nSPS) is 11.1. The zero-order valence-corrected chi connectivity index (χ0v) is 9.40. The maximum Gasteiger partial charge on any atom is 0.193 e. The second kappa shape index (κ2) is 5.87. The van der Waals surface area contributed by atoms with Gasteiger partial charge in [0, 0.05) is 5.75 Å².